The number of imidazole rings is 1. The van der Waals surface area contributed by atoms with Gasteiger partial charge in [0.15, 0.2) is 0 Å². The maximum atomic E-state index is 10.1. The minimum Gasteiger partial charge on any atom is -0.390 e. The van der Waals surface area contributed by atoms with E-state index >= 15 is 0 Å². The summed E-state index contributed by atoms with van der Waals surface area (Å²) in [4.78, 5) is 9.54. The zero-order chi connectivity index (χ0) is 19.6. The van der Waals surface area contributed by atoms with Crippen molar-refractivity contribution in [2.24, 2.45) is 4.99 Å². The van der Waals surface area contributed by atoms with Crippen LogP contribution in [0.1, 0.15) is 30.7 Å². The number of aromatic nitrogens is 2. The molecule has 2 aromatic carbocycles. The fourth-order valence-corrected chi connectivity index (χ4v) is 3.24. The molecule has 4 nitrogen and oxygen atoms in total. The lowest BCUT2D eigenvalue weighted by Crippen LogP contribution is -2.21. The molecule has 4 aromatic rings. The fraction of sp³-hybridized carbons (Fsp3) is 0.167. The topological polar surface area (TPSA) is 49.9 Å². The molecular weight excluding hydrogens is 346 g/mol. The lowest BCUT2D eigenvalue weighted by molar-refractivity contribution is 0.0801. The van der Waals surface area contributed by atoms with Gasteiger partial charge in [0.05, 0.1) is 22.7 Å². The molecule has 4 rings (SSSR count). The quantitative estimate of drug-likeness (QED) is 0.513. The number of rotatable bonds is 5. The molecule has 0 fully saturated rings. The van der Waals surface area contributed by atoms with Crippen LogP contribution < -0.4 is 0 Å². The summed E-state index contributed by atoms with van der Waals surface area (Å²) >= 11 is 0. The first-order valence-electron chi connectivity index (χ1n) is 9.37. The molecule has 0 bridgehead atoms. The first kappa shape index (κ1) is 18.1. The predicted octanol–water partition coefficient (Wildman–Crippen LogP) is 4.82. The maximum Gasteiger partial charge on any atom is 0.137 e. The van der Waals surface area contributed by atoms with Gasteiger partial charge in [0, 0.05) is 29.9 Å². The van der Waals surface area contributed by atoms with Crippen molar-refractivity contribution in [3.8, 4) is 0 Å². The second-order valence-corrected chi connectivity index (χ2v) is 7.57. The van der Waals surface area contributed by atoms with Crippen molar-refractivity contribution in [2.45, 2.75) is 25.9 Å². The van der Waals surface area contributed by atoms with E-state index in [2.05, 4.69) is 29.2 Å². The molecule has 4 heteroatoms. The highest BCUT2D eigenvalue weighted by atomic mass is 16.3. The highest BCUT2D eigenvalue weighted by Gasteiger charge is 2.16. The SMILES string of the molecule is CC(C)(O)Cc1cn2cc(N=C(c3ccccc3)c3ccccc3)ccc2n1. The molecule has 0 aliphatic rings. The molecular formula is C24H23N3O. The van der Waals surface area contributed by atoms with Crippen LogP contribution in [0, 0.1) is 0 Å². The Morgan fingerprint density at radius 3 is 2.07 bits per heavy atom. The summed E-state index contributed by atoms with van der Waals surface area (Å²) in [5, 5.41) is 10.1. The van der Waals surface area contributed by atoms with Crippen LogP contribution in [0.4, 0.5) is 5.69 Å². The van der Waals surface area contributed by atoms with Crippen LogP contribution in [0.5, 0.6) is 0 Å². The first-order valence-corrected chi connectivity index (χ1v) is 9.37. The molecule has 1 N–H and O–H groups in total. The minimum atomic E-state index is -0.785. The second kappa shape index (κ2) is 7.41. The monoisotopic (exact) mass is 369 g/mol. The molecule has 0 aliphatic heterocycles. The summed E-state index contributed by atoms with van der Waals surface area (Å²) < 4.78 is 1.97. The molecule has 0 radical (unpaired) electrons. The Hall–Kier alpha value is -3.24. The fourth-order valence-electron chi connectivity index (χ4n) is 3.24. The van der Waals surface area contributed by atoms with Crippen molar-refractivity contribution in [2.75, 3.05) is 0 Å². The molecule has 0 aliphatic carbocycles. The Morgan fingerprint density at radius 2 is 1.50 bits per heavy atom. The van der Waals surface area contributed by atoms with Crippen LogP contribution in [0.2, 0.25) is 0 Å². The van der Waals surface area contributed by atoms with Crippen LogP contribution in [0.25, 0.3) is 5.65 Å². The van der Waals surface area contributed by atoms with Crippen LogP contribution >= 0.6 is 0 Å². The lowest BCUT2D eigenvalue weighted by atomic mass is 10.0. The summed E-state index contributed by atoms with van der Waals surface area (Å²) in [6, 6.07) is 24.3. The van der Waals surface area contributed by atoms with Crippen LogP contribution in [-0.2, 0) is 6.42 Å². The zero-order valence-corrected chi connectivity index (χ0v) is 16.1. The number of hydrogen-bond donors (Lipinski definition) is 1. The van der Waals surface area contributed by atoms with E-state index < -0.39 is 5.60 Å². The van der Waals surface area contributed by atoms with E-state index in [0.29, 0.717) is 6.42 Å². The van der Waals surface area contributed by atoms with E-state index in [9.17, 15) is 5.11 Å². The zero-order valence-electron chi connectivity index (χ0n) is 16.1. The van der Waals surface area contributed by atoms with Gasteiger partial charge in [0.1, 0.15) is 5.65 Å². The first-order chi connectivity index (χ1) is 13.5. The van der Waals surface area contributed by atoms with E-state index in [1.165, 1.54) is 0 Å². The van der Waals surface area contributed by atoms with Crippen molar-refractivity contribution in [1.82, 2.24) is 9.38 Å². The molecule has 0 atom stereocenters. The summed E-state index contributed by atoms with van der Waals surface area (Å²) in [5.41, 5.74) is 4.84. The molecule has 0 saturated carbocycles. The molecule has 0 unspecified atom stereocenters. The number of aliphatic imine (C=N–C) groups is 1. The van der Waals surface area contributed by atoms with E-state index in [-0.39, 0.29) is 0 Å². The van der Waals surface area contributed by atoms with Gasteiger partial charge < -0.3 is 9.51 Å². The van der Waals surface area contributed by atoms with Crippen LogP contribution in [0.3, 0.4) is 0 Å². The maximum absolute atomic E-state index is 10.1. The largest absolute Gasteiger partial charge is 0.390 e. The van der Waals surface area contributed by atoms with E-state index in [0.717, 1.165) is 33.9 Å². The molecule has 0 saturated heterocycles. The van der Waals surface area contributed by atoms with Gasteiger partial charge >= 0.3 is 0 Å². The van der Waals surface area contributed by atoms with Gasteiger partial charge in [0.25, 0.3) is 0 Å². The summed E-state index contributed by atoms with van der Waals surface area (Å²) in [6.07, 6.45) is 4.44. The number of fused-ring (bicyclic) bond motifs is 1. The van der Waals surface area contributed by atoms with Crippen molar-refractivity contribution in [3.05, 3.63) is 102 Å². The van der Waals surface area contributed by atoms with Crippen molar-refractivity contribution in [3.63, 3.8) is 0 Å². The Balaban J connectivity index is 1.77. The Kier molecular flexibility index (Phi) is 4.80. The van der Waals surface area contributed by atoms with Gasteiger partial charge in [-0.05, 0) is 26.0 Å². The van der Waals surface area contributed by atoms with Crippen LogP contribution in [-0.4, -0.2) is 25.8 Å². The van der Waals surface area contributed by atoms with Crippen molar-refractivity contribution >= 4 is 17.0 Å². The number of aliphatic hydroxyl groups is 1. The average Bonchev–Trinajstić information content (AvgIpc) is 3.07. The van der Waals surface area contributed by atoms with Gasteiger partial charge in [-0.2, -0.15) is 0 Å². The van der Waals surface area contributed by atoms with Crippen molar-refractivity contribution < 1.29 is 5.11 Å². The highest BCUT2D eigenvalue weighted by Crippen LogP contribution is 2.20. The molecule has 2 aromatic heterocycles. The Morgan fingerprint density at radius 1 is 0.893 bits per heavy atom. The third kappa shape index (κ3) is 4.18. The normalized spacial score (nSPS) is 11.5. The molecule has 28 heavy (non-hydrogen) atoms. The van der Waals surface area contributed by atoms with Gasteiger partial charge in [-0.25, -0.2) is 9.98 Å². The standard InChI is InChI=1S/C24H23N3O/c1-24(2,28)15-21-17-27-16-20(13-14-22(27)25-21)26-23(18-9-5-3-6-10-18)19-11-7-4-8-12-19/h3-14,16-17,28H,15H2,1-2H3. The smallest absolute Gasteiger partial charge is 0.137 e. The molecule has 140 valence electrons. The third-order valence-corrected chi connectivity index (χ3v) is 4.43. The van der Waals surface area contributed by atoms with Gasteiger partial charge in [-0.3, -0.25) is 0 Å². The highest BCUT2D eigenvalue weighted by molar-refractivity contribution is 6.13. The summed E-state index contributed by atoms with van der Waals surface area (Å²) in [7, 11) is 0. The van der Waals surface area contributed by atoms with Crippen molar-refractivity contribution in [1.29, 1.82) is 0 Å². The predicted molar refractivity (Wildman–Crippen MR) is 113 cm³/mol. The van der Waals surface area contributed by atoms with E-state index in [4.69, 9.17) is 4.99 Å². The summed E-state index contributed by atoms with van der Waals surface area (Å²) in [5.74, 6) is 0. The summed E-state index contributed by atoms with van der Waals surface area (Å²) in [6.45, 7) is 3.58. The van der Waals surface area contributed by atoms with Gasteiger partial charge in [-0.1, -0.05) is 60.7 Å². The second-order valence-electron chi connectivity index (χ2n) is 7.57. The minimum absolute atomic E-state index is 0.507. The lowest BCUT2D eigenvalue weighted by Gasteiger charge is -2.14. The third-order valence-electron chi connectivity index (χ3n) is 4.43. The molecule has 0 amide bonds. The molecule has 0 spiro atoms. The Bertz CT molecular complexity index is 1070. The average molecular weight is 369 g/mol. The van der Waals surface area contributed by atoms with Crippen LogP contribution in [0.15, 0.2) is 90.2 Å². The number of benzene rings is 2. The van der Waals surface area contributed by atoms with E-state index in [1.807, 2.05) is 65.3 Å². The number of pyridine rings is 1. The number of hydrogen-bond acceptors (Lipinski definition) is 3. The Labute approximate surface area is 164 Å². The molecule has 2 heterocycles. The van der Waals surface area contributed by atoms with Gasteiger partial charge in [0.2, 0.25) is 0 Å². The number of nitrogens with zero attached hydrogens (tertiary/aromatic N) is 3. The van der Waals surface area contributed by atoms with E-state index in [1.54, 1.807) is 13.8 Å². The van der Waals surface area contributed by atoms with Gasteiger partial charge in [-0.15, -0.1) is 0 Å².